The van der Waals surface area contributed by atoms with Crippen LogP contribution in [0.4, 0.5) is 14.6 Å². The van der Waals surface area contributed by atoms with Crippen molar-refractivity contribution < 1.29 is 18.4 Å². The van der Waals surface area contributed by atoms with Gasteiger partial charge < -0.3 is 20.1 Å². The number of alkyl halides is 1. The molecule has 5 aromatic rings. The number of pyridine rings is 1. The van der Waals surface area contributed by atoms with Crippen LogP contribution in [0.3, 0.4) is 0 Å². The highest BCUT2D eigenvalue weighted by atomic mass is 19.1. The van der Waals surface area contributed by atoms with Crippen molar-refractivity contribution in [3.8, 4) is 16.9 Å². The lowest BCUT2D eigenvalue weighted by molar-refractivity contribution is -0.118. The second kappa shape index (κ2) is 12.6. The SMILES string of the molecule is CNC(CF)C(=O)Nc1ncc(-c2cccc(C(=O)N(C)C)c2)n(Cc2cncc(-n3cc(C)c4cc(F)ccc43)c2)c1=O. The smallest absolute Gasteiger partial charge is 0.294 e. The summed E-state index contributed by atoms with van der Waals surface area (Å²) in [5.41, 5.74) is 3.75. The Balaban J connectivity index is 1.60. The topological polar surface area (TPSA) is 114 Å². The number of aromatic nitrogens is 4. The van der Waals surface area contributed by atoms with Crippen LogP contribution in [0.5, 0.6) is 0 Å². The third-order valence-electron chi connectivity index (χ3n) is 7.29. The number of amides is 2. The summed E-state index contributed by atoms with van der Waals surface area (Å²) in [4.78, 5) is 49.1. The maximum Gasteiger partial charge on any atom is 0.294 e. The molecule has 3 heterocycles. The van der Waals surface area contributed by atoms with E-state index in [9.17, 15) is 23.2 Å². The Morgan fingerprint density at radius 1 is 1.07 bits per heavy atom. The Bertz CT molecular complexity index is 1930. The summed E-state index contributed by atoms with van der Waals surface area (Å²) in [6, 6.07) is 12.1. The molecule has 5 rings (SSSR count). The van der Waals surface area contributed by atoms with E-state index in [4.69, 9.17) is 0 Å². The highest BCUT2D eigenvalue weighted by molar-refractivity contribution is 5.95. The Hall–Kier alpha value is -5.23. The Morgan fingerprint density at radius 2 is 1.86 bits per heavy atom. The number of benzene rings is 2. The lowest BCUT2D eigenvalue weighted by Crippen LogP contribution is -2.41. The lowest BCUT2D eigenvalue weighted by atomic mass is 10.1. The quantitative estimate of drug-likeness (QED) is 0.265. The molecule has 0 aliphatic carbocycles. The summed E-state index contributed by atoms with van der Waals surface area (Å²) < 4.78 is 30.6. The minimum absolute atomic E-state index is 0.0254. The highest BCUT2D eigenvalue weighted by Gasteiger charge is 2.21. The van der Waals surface area contributed by atoms with Crippen LogP contribution in [-0.2, 0) is 11.3 Å². The van der Waals surface area contributed by atoms with Crippen LogP contribution in [-0.4, -0.2) is 69.7 Å². The van der Waals surface area contributed by atoms with Crippen molar-refractivity contribution in [2.45, 2.75) is 19.5 Å². The first-order chi connectivity index (χ1) is 21.1. The molecule has 0 fully saturated rings. The van der Waals surface area contributed by atoms with Gasteiger partial charge in [-0.2, -0.15) is 0 Å². The third kappa shape index (κ3) is 5.97. The van der Waals surface area contributed by atoms with Gasteiger partial charge in [0.25, 0.3) is 11.5 Å². The van der Waals surface area contributed by atoms with Gasteiger partial charge in [0.2, 0.25) is 5.91 Å². The fourth-order valence-corrected chi connectivity index (χ4v) is 4.97. The Morgan fingerprint density at radius 3 is 2.59 bits per heavy atom. The van der Waals surface area contributed by atoms with Crippen LogP contribution in [0.1, 0.15) is 21.5 Å². The Labute approximate surface area is 252 Å². The normalized spacial score (nSPS) is 11.9. The number of hydrogen-bond donors (Lipinski definition) is 2. The number of carbonyl (C=O) groups excluding carboxylic acids is 2. The molecule has 0 saturated carbocycles. The molecule has 0 saturated heterocycles. The largest absolute Gasteiger partial charge is 0.345 e. The summed E-state index contributed by atoms with van der Waals surface area (Å²) in [5, 5.41) is 5.75. The molecular formula is C32H31F2N7O3. The van der Waals surface area contributed by atoms with Crippen molar-refractivity contribution in [1.29, 1.82) is 0 Å². The van der Waals surface area contributed by atoms with E-state index in [0.29, 0.717) is 28.1 Å². The van der Waals surface area contributed by atoms with Gasteiger partial charge in [0.15, 0.2) is 5.82 Å². The molecule has 0 bridgehead atoms. The van der Waals surface area contributed by atoms with Crippen molar-refractivity contribution in [2.24, 2.45) is 0 Å². The lowest BCUT2D eigenvalue weighted by Gasteiger charge is -2.17. The first kappa shape index (κ1) is 30.2. The van der Waals surface area contributed by atoms with Gasteiger partial charge in [-0.1, -0.05) is 12.1 Å². The van der Waals surface area contributed by atoms with E-state index in [2.05, 4.69) is 20.6 Å². The number of likely N-dealkylation sites (N-methyl/N-ethyl adjacent to an activating group) is 1. The number of halogens is 2. The van der Waals surface area contributed by atoms with Crippen LogP contribution in [0.15, 0.2) is 78.1 Å². The number of aryl methyl sites for hydroxylation is 1. The van der Waals surface area contributed by atoms with Gasteiger partial charge in [-0.25, -0.2) is 13.8 Å². The number of nitrogens with zero attached hydrogens (tertiary/aromatic N) is 5. The van der Waals surface area contributed by atoms with Gasteiger partial charge in [-0.15, -0.1) is 0 Å². The van der Waals surface area contributed by atoms with Crippen molar-refractivity contribution >= 4 is 28.5 Å². The zero-order chi connectivity index (χ0) is 31.5. The molecule has 0 spiro atoms. The van der Waals surface area contributed by atoms with Gasteiger partial charge >= 0.3 is 0 Å². The molecule has 0 radical (unpaired) electrons. The number of rotatable bonds is 9. The molecule has 1 unspecified atom stereocenters. The number of carbonyl (C=O) groups is 2. The fraction of sp³-hybridized carbons (Fsp3) is 0.219. The number of nitrogens with one attached hydrogen (secondary N) is 2. The fourth-order valence-electron chi connectivity index (χ4n) is 4.97. The average molecular weight is 600 g/mol. The summed E-state index contributed by atoms with van der Waals surface area (Å²) in [5.74, 6) is -1.56. The van der Waals surface area contributed by atoms with Gasteiger partial charge in [-0.05, 0) is 61.5 Å². The van der Waals surface area contributed by atoms with Crippen LogP contribution >= 0.6 is 0 Å². The van der Waals surface area contributed by atoms with E-state index in [1.807, 2.05) is 23.8 Å². The standard InChI is InChI=1S/C32H31F2N7O3/c1-19-17-40(27-9-8-23(34)12-25(19)27)24-10-20(14-36-15-24)18-41-28(21-6-5-7-22(11-21)31(43)39(3)4)16-37-29(32(41)44)38-30(42)26(13-33)35-2/h5-12,14-17,26,35H,13,18H2,1-4H3,(H,37,38,42). The van der Waals surface area contributed by atoms with Gasteiger partial charge in [0.1, 0.15) is 18.5 Å². The van der Waals surface area contributed by atoms with E-state index in [-0.39, 0.29) is 24.1 Å². The van der Waals surface area contributed by atoms with E-state index < -0.39 is 24.2 Å². The van der Waals surface area contributed by atoms with Gasteiger partial charge in [-0.3, -0.25) is 23.9 Å². The monoisotopic (exact) mass is 599 g/mol. The molecule has 2 N–H and O–H groups in total. The molecule has 2 aromatic carbocycles. The first-order valence-corrected chi connectivity index (χ1v) is 13.8. The van der Waals surface area contributed by atoms with Crippen molar-refractivity contribution in [2.75, 3.05) is 33.1 Å². The summed E-state index contributed by atoms with van der Waals surface area (Å²) in [6.07, 6.45) is 6.59. The molecule has 3 aromatic heterocycles. The molecule has 10 nitrogen and oxygen atoms in total. The number of anilines is 1. The second-order valence-electron chi connectivity index (χ2n) is 10.5. The van der Waals surface area contributed by atoms with E-state index in [1.54, 1.807) is 56.8 Å². The predicted molar refractivity (Wildman–Crippen MR) is 164 cm³/mol. The Kier molecular flexibility index (Phi) is 8.63. The molecule has 226 valence electrons. The molecule has 0 aliphatic rings. The second-order valence-corrected chi connectivity index (χ2v) is 10.5. The zero-order valence-electron chi connectivity index (χ0n) is 24.6. The predicted octanol–water partition coefficient (Wildman–Crippen LogP) is 3.94. The van der Waals surface area contributed by atoms with Crippen LogP contribution in [0, 0.1) is 12.7 Å². The van der Waals surface area contributed by atoms with E-state index in [0.717, 1.165) is 16.5 Å². The minimum Gasteiger partial charge on any atom is -0.345 e. The molecule has 44 heavy (non-hydrogen) atoms. The van der Waals surface area contributed by atoms with Crippen molar-refractivity contribution in [1.82, 2.24) is 29.3 Å². The minimum atomic E-state index is -1.16. The maximum atomic E-state index is 13.9. The molecule has 1 atom stereocenters. The molecule has 0 aliphatic heterocycles. The van der Waals surface area contributed by atoms with Crippen LogP contribution < -0.4 is 16.2 Å². The number of hydrogen-bond acceptors (Lipinski definition) is 6. The van der Waals surface area contributed by atoms with E-state index >= 15 is 0 Å². The number of fused-ring (bicyclic) bond motifs is 1. The van der Waals surface area contributed by atoms with Gasteiger partial charge in [0.05, 0.1) is 35.8 Å². The average Bonchev–Trinajstić information content (AvgIpc) is 3.34. The molecular weight excluding hydrogens is 568 g/mol. The summed E-state index contributed by atoms with van der Waals surface area (Å²) >= 11 is 0. The molecule has 12 heteroatoms. The van der Waals surface area contributed by atoms with Crippen molar-refractivity contribution in [3.05, 3.63) is 106 Å². The molecule has 2 amide bonds. The zero-order valence-corrected chi connectivity index (χ0v) is 24.6. The van der Waals surface area contributed by atoms with Crippen LogP contribution in [0.2, 0.25) is 0 Å². The van der Waals surface area contributed by atoms with Crippen molar-refractivity contribution in [3.63, 3.8) is 0 Å². The first-order valence-electron chi connectivity index (χ1n) is 13.8. The maximum absolute atomic E-state index is 13.9. The summed E-state index contributed by atoms with van der Waals surface area (Å²) in [7, 11) is 4.73. The summed E-state index contributed by atoms with van der Waals surface area (Å²) in [6.45, 7) is 0.947. The van der Waals surface area contributed by atoms with Crippen LogP contribution in [0.25, 0.3) is 27.8 Å². The third-order valence-corrected chi connectivity index (χ3v) is 7.29. The highest BCUT2D eigenvalue weighted by Crippen LogP contribution is 2.26. The van der Waals surface area contributed by atoms with Gasteiger partial charge in [0, 0.05) is 43.0 Å². The van der Waals surface area contributed by atoms with E-state index in [1.165, 1.54) is 34.8 Å².